The lowest BCUT2D eigenvalue weighted by molar-refractivity contribution is -0.137. The van der Waals surface area contributed by atoms with Crippen LogP contribution in [0.1, 0.15) is 24.5 Å². The van der Waals surface area contributed by atoms with Crippen molar-refractivity contribution in [3.63, 3.8) is 0 Å². The Bertz CT molecular complexity index is 587. The minimum Gasteiger partial charge on any atom is -0.382 e. The number of carbonyl (C=O) groups excluding carboxylic acids is 1. The Hall–Kier alpha value is -2.33. The van der Waals surface area contributed by atoms with Crippen molar-refractivity contribution in [2.45, 2.75) is 19.5 Å². The summed E-state index contributed by atoms with van der Waals surface area (Å²) in [5.41, 5.74) is -0.603. The molecule has 0 unspecified atom stereocenters. The number of benzene rings is 1. The average Bonchev–Trinajstić information content (AvgIpc) is 2.51. The summed E-state index contributed by atoms with van der Waals surface area (Å²) < 4.78 is 42.5. The summed E-state index contributed by atoms with van der Waals surface area (Å²) in [7, 11) is 0. The largest absolute Gasteiger partial charge is 0.416 e. The van der Waals surface area contributed by atoms with Crippen molar-refractivity contribution in [3.05, 3.63) is 41.0 Å². The van der Waals surface area contributed by atoms with Gasteiger partial charge in [-0.25, -0.2) is 0 Å². The molecule has 0 aromatic heterocycles. The molecule has 0 spiro atoms. The quantitative estimate of drug-likeness (QED) is 0.476. The maximum Gasteiger partial charge on any atom is 0.416 e. The summed E-state index contributed by atoms with van der Waals surface area (Å²) in [5, 5.41) is 11.6. The highest BCUT2D eigenvalue weighted by molar-refractivity contribution is 6.01. The molecule has 124 valence electrons. The van der Waals surface area contributed by atoms with E-state index in [2.05, 4.69) is 5.32 Å². The molecule has 1 aromatic rings. The van der Waals surface area contributed by atoms with Gasteiger partial charge in [0.1, 0.15) is 11.6 Å². The lowest BCUT2D eigenvalue weighted by atomic mass is 10.1. The van der Waals surface area contributed by atoms with Crippen molar-refractivity contribution < 1.29 is 22.7 Å². The van der Waals surface area contributed by atoms with Gasteiger partial charge in [-0.3, -0.25) is 4.79 Å². The van der Waals surface area contributed by atoms with Crippen LogP contribution < -0.4 is 5.32 Å². The summed E-state index contributed by atoms with van der Waals surface area (Å²) >= 11 is 0. The van der Waals surface area contributed by atoms with Crippen LogP contribution >= 0.6 is 0 Å². The number of hydrogen-bond donors (Lipinski definition) is 1. The van der Waals surface area contributed by atoms with Gasteiger partial charge in [-0.15, -0.1) is 0 Å². The monoisotopic (exact) mass is 326 g/mol. The van der Waals surface area contributed by atoms with E-state index in [-0.39, 0.29) is 5.57 Å². The molecule has 0 fully saturated rings. The Morgan fingerprint density at radius 1 is 1.35 bits per heavy atom. The molecule has 0 saturated heterocycles. The number of nitrogens with zero attached hydrogens (tertiary/aromatic N) is 1. The van der Waals surface area contributed by atoms with Gasteiger partial charge in [0.15, 0.2) is 0 Å². The van der Waals surface area contributed by atoms with Crippen LogP contribution in [-0.4, -0.2) is 25.7 Å². The Balaban J connectivity index is 2.68. The number of ether oxygens (including phenoxy) is 1. The Morgan fingerprint density at radius 3 is 2.52 bits per heavy atom. The molecule has 1 amide bonds. The van der Waals surface area contributed by atoms with Gasteiger partial charge in [-0.05, 0) is 37.1 Å². The second-order valence-corrected chi connectivity index (χ2v) is 4.60. The maximum atomic E-state index is 12.5. The molecule has 1 N–H and O–H groups in total. The van der Waals surface area contributed by atoms with E-state index in [0.717, 1.165) is 12.1 Å². The summed E-state index contributed by atoms with van der Waals surface area (Å²) in [6.07, 6.45) is -2.56. The topological polar surface area (TPSA) is 62.1 Å². The van der Waals surface area contributed by atoms with E-state index in [9.17, 15) is 18.0 Å². The fourth-order valence-corrected chi connectivity index (χ4v) is 1.70. The molecular formula is C16H17F3N2O2. The van der Waals surface area contributed by atoms with Gasteiger partial charge in [-0.1, -0.05) is 12.1 Å². The predicted molar refractivity (Wildman–Crippen MR) is 79.2 cm³/mol. The predicted octanol–water partition coefficient (Wildman–Crippen LogP) is 3.16. The first-order valence-electron chi connectivity index (χ1n) is 7.03. The number of hydrogen-bond acceptors (Lipinski definition) is 3. The molecule has 1 aromatic carbocycles. The van der Waals surface area contributed by atoms with Gasteiger partial charge < -0.3 is 10.1 Å². The van der Waals surface area contributed by atoms with E-state index >= 15 is 0 Å². The first-order chi connectivity index (χ1) is 10.9. The fraction of sp³-hybridized carbons (Fsp3) is 0.375. The molecule has 0 radical (unpaired) electrons. The molecule has 0 atom stereocenters. The van der Waals surface area contributed by atoms with Gasteiger partial charge in [-0.2, -0.15) is 18.4 Å². The van der Waals surface area contributed by atoms with Crippen LogP contribution in [0.2, 0.25) is 0 Å². The summed E-state index contributed by atoms with van der Waals surface area (Å²) in [6, 6.07) is 5.97. The number of carbonyl (C=O) groups is 1. The Kier molecular flexibility index (Phi) is 7.29. The highest BCUT2D eigenvalue weighted by Gasteiger charge is 2.29. The lowest BCUT2D eigenvalue weighted by Crippen LogP contribution is -2.26. The third kappa shape index (κ3) is 6.53. The smallest absolute Gasteiger partial charge is 0.382 e. The third-order valence-electron chi connectivity index (χ3n) is 2.87. The van der Waals surface area contributed by atoms with Gasteiger partial charge in [0, 0.05) is 19.8 Å². The van der Waals surface area contributed by atoms with E-state index in [4.69, 9.17) is 10.00 Å². The van der Waals surface area contributed by atoms with Gasteiger partial charge in [0.05, 0.1) is 5.56 Å². The normalized spacial score (nSPS) is 11.9. The number of halogens is 3. The number of nitriles is 1. The van der Waals surface area contributed by atoms with Crippen LogP contribution in [0.4, 0.5) is 13.2 Å². The first-order valence-corrected chi connectivity index (χ1v) is 7.03. The van der Waals surface area contributed by atoms with E-state index < -0.39 is 17.6 Å². The Morgan fingerprint density at radius 2 is 2.00 bits per heavy atom. The molecule has 1 rings (SSSR count). The van der Waals surface area contributed by atoms with Crippen LogP contribution in [0, 0.1) is 11.3 Å². The van der Waals surface area contributed by atoms with E-state index in [1.54, 1.807) is 6.07 Å². The minimum absolute atomic E-state index is 0.166. The first kappa shape index (κ1) is 18.7. The molecular weight excluding hydrogens is 309 g/mol. The molecule has 0 heterocycles. The van der Waals surface area contributed by atoms with Crippen LogP contribution in [0.3, 0.4) is 0 Å². The molecule has 0 aliphatic carbocycles. The van der Waals surface area contributed by atoms with Crippen molar-refractivity contribution >= 4 is 12.0 Å². The van der Waals surface area contributed by atoms with Crippen LogP contribution in [0.5, 0.6) is 0 Å². The zero-order valence-electron chi connectivity index (χ0n) is 12.6. The molecule has 4 nitrogen and oxygen atoms in total. The van der Waals surface area contributed by atoms with Crippen LogP contribution in [0.15, 0.2) is 29.8 Å². The summed E-state index contributed by atoms with van der Waals surface area (Å²) in [4.78, 5) is 11.8. The van der Waals surface area contributed by atoms with Crippen molar-refractivity contribution in [3.8, 4) is 6.07 Å². The van der Waals surface area contributed by atoms with Gasteiger partial charge in [0.2, 0.25) is 0 Å². The van der Waals surface area contributed by atoms with Crippen LogP contribution in [-0.2, 0) is 15.7 Å². The SMILES string of the molecule is CCOCCCNC(=O)/C(C#N)=C/c1ccc(C(F)(F)F)cc1. The number of rotatable bonds is 7. The Labute approximate surface area is 132 Å². The van der Waals surface area contributed by atoms with Gasteiger partial charge in [0.25, 0.3) is 5.91 Å². The van der Waals surface area contributed by atoms with Crippen LogP contribution in [0.25, 0.3) is 6.08 Å². The molecule has 23 heavy (non-hydrogen) atoms. The minimum atomic E-state index is -4.42. The fourth-order valence-electron chi connectivity index (χ4n) is 1.70. The maximum absolute atomic E-state index is 12.5. The highest BCUT2D eigenvalue weighted by atomic mass is 19.4. The van der Waals surface area contributed by atoms with E-state index in [1.165, 1.54) is 18.2 Å². The highest BCUT2D eigenvalue weighted by Crippen LogP contribution is 2.29. The second kappa shape index (κ2) is 8.96. The number of amides is 1. The van der Waals surface area contributed by atoms with E-state index in [1.807, 2.05) is 6.92 Å². The van der Waals surface area contributed by atoms with Crippen molar-refractivity contribution in [2.75, 3.05) is 19.8 Å². The summed E-state index contributed by atoms with van der Waals surface area (Å²) in [6.45, 7) is 3.30. The second-order valence-electron chi connectivity index (χ2n) is 4.60. The zero-order valence-corrected chi connectivity index (χ0v) is 12.6. The van der Waals surface area contributed by atoms with Crippen molar-refractivity contribution in [2.24, 2.45) is 0 Å². The number of alkyl halides is 3. The van der Waals surface area contributed by atoms with Crippen molar-refractivity contribution in [1.82, 2.24) is 5.32 Å². The lowest BCUT2D eigenvalue weighted by Gasteiger charge is -2.07. The average molecular weight is 326 g/mol. The molecule has 0 bridgehead atoms. The summed E-state index contributed by atoms with van der Waals surface area (Å²) in [5.74, 6) is -0.566. The number of nitrogens with one attached hydrogen (secondary N) is 1. The van der Waals surface area contributed by atoms with E-state index in [0.29, 0.717) is 31.7 Å². The van der Waals surface area contributed by atoms with Crippen molar-refractivity contribution in [1.29, 1.82) is 5.26 Å². The molecule has 7 heteroatoms. The standard InChI is InChI=1S/C16H17F3N2O2/c1-2-23-9-3-8-21-15(22)13(11-20)10-12-4-6-14(7-5-12)16(17,18)19/h4-7,10H,2-3,8-9H2,1H3,(H,21,22)/b13-10+. The molecule has 0 aliphatic heterocycles. The third-order valence-corrected chi connectivity index (χ3v) is 2.87. The molecule has 0 saturated carbocycles. The van der Waals surface area contributed by atoms with Gasteiger partial charge >= 0.3 is 6.18 Å². The zero-order chi connectivity index (χ0) is 17.3. The molecule has 0 aliphatic rings.